The van der Waals surface area contributed by atoms with E-state index in [-0.39, 0.29) is 12.0 Å². The average Bonchev–Trinajstić information content (AvgIpc) is 2.34. The first-order valence-electron chi connectivity index (χ1n) is 6.30. The molecule has 1 N–H and O–H groups in total. The summed E-state index contributed by atoms with van der Waals surface area (Å²) >= 11 is 0. The summed E-state index contributed by atoms with van der Waals surface area (Å²) in [5.41, 5.74) is 3.05. The monoisotopic (exact) mass is 260 g/mol. The molecule has 0 saturated carbocycles. The molecule has 4 nitrogen and oxygen atoms in total. The predicted octanol–water partition coefficient (Wildman–Crippen LogP) is 2.19. The zero-order valence-corrected chi connectivity index (χ0v) is 11.2. The lowest BCUT2D eigenvalue weighted by atomic mass is 9.95. The Labute approximate surface area is 110 Å². The second kappa shape index (κ2) is 3.92. The smallest absolute Gasteiger partial charge is 0.195 e. The van der Waals surface area contributed by atoms with Crippen LogP contribution in [0.2, 0.25) is 0 Å². The Hall–Kier alpha value is -1.65. The molecule has 0 spiro atoms. The van der Waals surface area contributed by atoms with Crippen molar-refractivity contribution in [3.63, 3.8) is 0 Å². The fourth-order valence-electron chi connectivity index (χ4n) is 2.51. The van der Waals surface area contributed by atoms with Crippen molar-refractivity contribution in [3.8, 4) is 0 Å². The topological polar surface area (TPSA) is 59.7 Å². The van der Waals surface area contributed by atoms with Gasteiger partial charge in [0.05, 0.1) is 12.0 Å². The summed E-state index contributed by atoms with van der Waals surface area (Å²) in [4.78, 5) is 12.2. The molecule has 0 radical (unpaired) electrons. The molecule has 2 heterocycles. The third-order valence-corrected chi connectivity index (χ3v) is 3.77. The SMILES string of the molecule is Cc1oc2c3c(ccc2c(=O)c1C)C[C@](C)(O)OC3. The number of hydrogen-bond donors (Lipinski definition) is 1. The molecule has 0 amide bonds. The fourth-order valence-corrected chi connectivity index (χ4v) is 2.51. The standard InChI is InChI=1S/C15H16O4/c1-8-9(2)19-14-11(13(8)16)5-4-10-6-15(3,17)18-7-12(10)14/h4-5,17H,6-7H2,1-3H3/t15-/m1/s1. The van der Waals surface area contributed by atoms with Gasteiger partial charge in [-0.1, -0.05) is 6.07 Å². The van der Waals surface area contributed by atoms with Gasteiger partial charge in [-0.05, 0) is 32.4 Å². The first-order valence-corrected chi connectivity index (χ1v) is 6.30. The summed E-state index contributed by atoms with van der Waals surface area (Å²) in [5.74, 6) is -0.524. The van der Waals surface area contributed by atoms with Gasteiger partial charge in [0.1, 0.15) is 11.3 Å². The van der Waals surface area contributed by atoms with Crippen LogP contribution in [-0.4, -0.2) is 10.9 Å². The molecule has 1 atom stereocenters. The molecular formula is C15H16O4. The number of aliphatic hydroxyl groups is 1. The highest BCUT2D eigenvalue weighted by molar-refractivity contribution is 5.81. The molecule has 1 aromatic heterocycles. The van der Waals surface area contributed by atoms with Crippen LogP contribution in [0.25, 0.3) is 11.0 Å². The maximum absolute atomic E-state index is 12.2. The predicted molar refractivity (Wildman–Crippen MR) is 71.1 cm³/mol. The van der Waals surface area contributed by atoms with E-state index in [1.54, 1.807) is 26.8 Å². The Bertz CT molecular complexity index is 725. The van der Waals surface area contributed by atoms with Crippen molar-refractivity contribution in [2.75, 3.05) is 0 Å². The molecule has 2 aromatic rings. The molecule has 0 aliphatic carbocycles. The summed E-state index contributed by atoms with van der Waals surface area (Å²) in [5, 5.41) is 10.5. The van der Waals surface area contributed by atoms with Crippen LogP contribution in [0.5, 0.6) is 0 Å². The highest BCUT2D eigenvalue weighted by Crippen LogP contribution is 2.31. The van der Waals surface area contributed by atoms with Crippen LogP contribution in [0, 0.1) is 13.8 Å². The summed E-state index contributed by atoms with van der Waals surface area (Å²) < 4.78 is 11.2. The highest BCUT2D eigenvalue weighted by Gasteiger charge is 2.30. The maximum atomic E-state index is 12.2. The van der Waals surface area contributed by atoms with Gasteiger partial charge >= 0.3 is 0 Å². The van der Waals surface area contributed by atoms with E-state index in [9.17, 15) is 9.90 Å². The first-order chi connectivity index (χ1) is 8.89. The van der Waals surface area contributed by atoms with Crippen molar-refractivity contribution in [2.45, 2.75) is 39.6 Å². The lowest BCUT2D eigenvalue weighted by Gasteiger charge is -2.30. The van der Waals surface area contributed by atoms with Gasteiger partial charge in [-0.25, -0.2) is 0 Å². The molecule has 1 aromatic carbocycles. The molecule has 4 heteroatoms. The molecule has 0 bridgehead atoms. The third kappa shape index (κ3) is 1.88. The largest absolute Gasteiger partial charge is 0.460 e. The van der Waals surface area contributed by atoms with Gasteiger partial charge in [0.15, 0.2) is 11.2 Å². The molecule has 1 aliphatic heterocycles. The van der Waals surface area contributed by atoms with E-state index in [0.29, 0.717) is 28.7 Å². The van der Waals surface area contributed by atoms with Crippen molar-refractivity contribution >= 4 is 11.0 Å². The minimum Gasteiger partial charge on any atom is -0.460 e. The maximum Gasteiger partial charge on any atom is 0.195 e. The lowest BCUT2D eigenvalue weighted by Crippen LogP contribution is -2.35. The van der Waals surface area contributed by atoms with Crippen LogP contribution in [0.1, 0.15) is 29.4 Å². The number of aryl methyl sites for hydroxylation is 1. The van der Waals surface area contributed by atoms with E-state index in [0.717, 1.165) is 11.1 Å². The van der Waals surface area contributed by atoms with Crippen LogP contribution < -0.4 is 5.43 Å². The highest BCUT2D eigenvalue weighted by atomic mass is 16.6. The molecule has 100 valence electrons. The number of hydrogen-bond acceptors (Lipinski definition) is 4. The summed E-state index contributed by atoms with van der Waals surface area (Å²) in [6.07, 6.45) is 0.398. The first kappa shape index (κ1) is 12.4. The van der Waals surface area contributed by atoms with E-state index < -0.39 is 5.79 Å². The second-order valence-corrected chi connectivity index (χ2v) is 5.33. The van der Waals surface area contributed by atoms with E-state index in [4.69, 9.17) is 9.15 Å². The van der Waals surface area contributed by atoms with Crippen LogP contribution >= 0.6 is 0 Å². The Kier molecular flexibility index (Phi) is 2.56. The van der Waals surface area contributed by atoms with Gasteiger partial charge in [0.2, 0.25) is 0 Å². The average molecular weight is 260 g/mol. The summed E-state index contributed by atoms with van der Waals surface area (Å²) in [6, 6.07) is 3.65. The number of fused-ring (bicyclic) bond motifs is 3. The van der Waals surface area contributed by atoms with E-state index >= 15 is 0 Å². The molecule has 1 aliphatic rings. The van der Waals surface area contributed by atoms with Gasteiger partial charge in [-0.3, -0.25) is 4.79 Å². The molecule has 0 fully saturated rings. The van der Waals surface area contributed by atoms with Crippen LogP contribution in [-0.2, 0) is 17.8 Å². The molecular weight excluding hydrogens is 244 g/mol. The Morgan fingerprint density at radius 2 is 2.05 bits per heavy atom. The van der Waals surface area contributed by atoms with Gasteiger partial charge in [0, 0.05) is 17.5 Å². The van der Waals surface area contributed by atoms with Crippen molar-refractivity contribution < 1.29 is 14.3 Å². The summed E-state index contributed by atoms with van der Waals surface area (Å²) in [6.45, 7) is 5.44. The van der Waals surface area contributed by atoms with Crippen molar-refractivity contribution in [3.05, 3.63) is 44.8 Å². The quantitative estimate of drug-likeness (QED) is 0.788. The Balaban J connectivity index is 2.33. The van der Waals surface area contributed by atoms with Crippen molar-refractivity contribution in [1.29, 1.82) is 0 Å². The lowest BCUT2D eigenvalue weighted by molar-refractivity contribution is -0.203. The van der Waals surface area contributed by atoms with Crippen molar-refractivity contribution in [2.24, 2.45) is 0 Å². The van der Waals surface area contributed by atoms with Crippen LogP contribution in [0.15, 0.2) is 21.3 Å². The van der Waals surface area contributed by atoms with Crippen LogP contribution in [0.3, 0.4) is 0 Å². The van der Waals surface area contributed by atoms with E-state index in [1.165, 1.54) is 0 Å². The minimum atomic E-state index is -1.15. The van der Waals surface area contributed by atoms with Gasteiger partial charge < -0.3 is 14.3 Å². The zero-order valence-electron chi connectivity index (χ0n) is 11.2. The Morgan fingerprint density at radius 1 is 1.32 bits per heavy atom. The van der Waals surface area contributed by atoms with E-state index in [2.05, 4.69) is 0 Å². The van der Waals surface area contributed by atoms with E-state index in [1.807, 2.05) is 6.07 Å². The number of ether oxygens (including phenoxy) is 1. The minimum absolute atomic E-state index is 0.00103. The van der Waals surface area contributed by atoms with Crippen LogP contribution in [0.4, 0.5) is 0 Å². The number of rotatable bonds is 0. The second-order valence-electron chi connectivity index (χ2n) is 5.33. The zero-order chi connectivity index (χ0) is 13.8. The third-order valence-electron chi connectivity index (χ3n) is 3.77. The molecule has 0 saturated heterocycles. The normalized spacial score (nSPS) is 22.5. The summed E-state index contributed by atoms with van der Waals surface area (Å²) in [7, 11) is 0. The molecule has 3 rings (SSSR count). The number of benzene rings is 1. The molecule has 0 unspecified atom stereocenters. The van der Waals surface area contributed by atoms with Gasteiger partial charge in [0.25, 0.3) is 0 Å². The van der Waals surface area contributed by atoms with Gasteiger partial charge in [-0.2, -0.15) is 0 Å². The molecule has 19 heavy (non-hydrogen) atoms. The Morgan fingerprint density at radius 3 is 2.79 bits per heavy atom. The fraction of sp³-hybridized carbons (Fsp3) is 0.400. The van der Waals surface area contributed by atoms with Crippen molar-refractivity contribution in [1.82, 2.24) is 0 Å². The van der Waals surface area contributed by atoms with Gasteiger partial charge in [-0.15, -0.1) is 0 Å².